The number of nitrogens with zero attached hydrogens (tertiary/aromatic N) is 4. The van der Waals surface area contributed by atoms with Crippen LogP contribution in [0.3, 0.4) is 0 Å². The molecule has 0 unspecified atom stereocenters. The third kappa shape index (κ3) is 4.70. The van der Waals surface area contributed by atoms with Crippen LogP contribution in [0.1, 0.15) is 17.0 Å². The maximum Gasteiger partial charge on any atom is 0.420 e. The van der Waals surface area contributed by atoms with Crippen LogP contribution in [0.25, 0.3) is 11.1 Å². The predicted octanol–water partition coefficient (Wildman–Crippen LogP) is 3.81. The lowest BCUT2D eigenvalue weighted by Gasteiger charge is -2.15. The summed E-state index contributed by atoms with van der Waals surface area (Å²) in [5, 5.41) is 14.9. The summed E-state index contributed by atoms with van der Waals surface area (Å²) >= 11 is 0. The molecule has 2 heterocycles. The molecule has 0 saturated carbocycles. The Hall–Kier alpha value is -4.66. The fourth-order valence-corrected chi connectivity index (χ4v) is 3.30. The van der Waals surface area contributed by atoms with Gasteiger partial charge in [-0.1, -0.05) is 18.2 Å². The first kappa shape index (κ1) is 23.5. The van der Waals surface area contributed by atoms with E-state index in [1.807, 2.05) is 0 Å². The molecular weight excluding hydrogens is 470 g/mol. The van der Waals surface area contributed by atoms with E-state index >= 15 is 0 Å². The number of aromatic nitrogens is 4. The van der Waals surface area contributed by atoms with Crippen molar-refractivity contribution in [3.8, 4) is 28.7 Å². The van der Waals surface area contributed by atoms with Crippen LogP contribution in [0.4, 0.5) is 17.6 Å². The van der Waals surface area contributed by atoms with Crippen molar-refractivity contribution in [2.75, 3.05) is 0 Å². The van der Waals surface area contributed by atoms with E-state index in [4.69, 9.17) is 10.00 Å². The SMILES string of the molecule is Cn1c(Cn2ccc(C(F)(F)F)c(Oc3ccc(-c4ccc(F)c(C#N)c4)cc3)c2=O)n[nH]c1=O. The van der Waals surface area contributed by atoms with Gasteiger partial charge in [0.25, 0.3) is 5.56 Å². The van der Waals surface area contributed by atoms with E-state index in [1.165, 1.54) is 43.4 Å². The maximum atomic E-state index is 13.6. The predicted molar refractivity (Wildman–Crippen MR) is 115 cm³/mol. The number of halogens is 4. The van der Waals surface area contributed by atoms with Gasteiger partial charge < -0.3 is 9.30 Å². The van der Waals surface area contributed by atoms with E-state index in [-0.39, 0.29) is 23.7 Å². The van der Waals surface area contributed by atoms with Crippen LogP contribution in [0.2, 0.25) is 0 Å². The molecule has 35 heavy (non-hydrogen) atoms. The summed E-state index contributed by atoms with van der Waals surface area (Å²) < 4.78 is 61.8. The molecule has 0 spiro atoms. The number of hydrogen-bond donors (Lipinski definition) is 1. The van der Waals surface area contributed by atoms with E-state index in [2.05, 4.69) is 10.2 Å². The molecule has 0 fully saturated rings. The molecule has 2 aromatic heterocycles. The van der Waals surface area contributed by atoms with Crippen molar-refractivity contribution in [1.29, 1.82) is 5.26 Å². The number of H-pyrrole nitrogens is 1. The molecule has 0 radical (unpaired) electrons. The number of pyridine rings is 1. The van der Waals surface area contributed by atoms with Gasteiger partial charge in [0.15, 0.2) is 5.82 Å². The summed E-state index contributed by atoms with van der Waals surface area (Å²) in [6.45, 7) is -0.271. The molecule has 0 atom stereocenters. The Morgan fingerprint density at radius 1 is 1.09 bits per heavy atom. The average molecular weight is 485 g/mol. The zero-order chi connectivity index (χ0) is 25.3. The molecule has 0 amide bonds. The molecule has 8 nitrogen and oxygen atoms in total. The Labute approximate surface area is 194 Å². The van der Waals surface area contributed by atoms with Crippen molar-refractivity contribution in [1.82, 2.24) is 19.3 Å². The Bertz CT molecular complexity index is 1560. The van der Waals surface area contributed by atoms with Gasteiger partial charge in [-0.2, -0.15) is 23.5 Å². The van der Waals surface area contributed by atoms with Crippen molar-refractivity contribution >= 4 is 0 Å². The average Bonchev–Trinajstić information content (AvgIpc) is 3.14. The first-order valence-electron chi connectivity index (χ1n) is 9.97. The van der Waals surface area contributed by atoms with Gasteiger partial charge in [0.1, 0.15) is 23.2 Å². The minimum atomic E-state index is -4.87. The van der Waals surface area contributed by atoms with Crippen LogP contribution in [0.15, 0.2) is 64.3 Å². The fraction of sp³-hybridized carbons (Fsp3) is 0.130. The van der Waals surface area contributed by atoms with Crippen molar-refractivity contribution in [3.05, 3.63) is 98.3 Å². The highest BCUT2D eigenvalue weighted by Gasteiger charge is 2.36. The molecule has 0 aliphatic heterocycles. The largest absolute Gasteiger partial charge is 0.451 e. The summed E-state index contributed by atoms with van der Waals surface area (Å²) in [5.74, 6) is -1.54. The Kier molecular flexibility index (Phi) is 6.00. The zero-order valence-electron chi connectivity index (χ0n) is 17.9. The minimum Gasteiger partial charge on any atom is -0.451 e. The molecular formula is C23H15F4N5O3. The third-order valence-corrected chi connectivity index (χ3v) is 5.20. The van der Waals surface area contributed by atoms with E-state index in [0.29, 0.717) is 17.2 Å². The lowest BCUT2D eigenvalue weighted by atomic mass is 10.0. The van der Waals surface area contributed by atoms with Gasteiger partial charge in [0, 0.05) is 13.2 Å². The highest BCUT2D eigenvalue weighted by Crippen LogP contribution is 2.36. The second kappa shape index (κ2) is 8.94. The standard InChI is InChI=1S/C23H15F4N5O3/c1-31-19(29-30-22(31)34)12-32-9-8-17(23(25,26)27)20(21(32)33)35-16-5-2-13(3-6-16)14-4-7-18(24)15(10-14)11-28/h2-10H,12H2,1H3,(H,30,34). The van der Waals surface area contributed by atoms with Crippen LogP contribution < -0.4 is 16.0 Å². The lowest BCUT2D eigenvalue weighted by Crippen LogP contribution is -2.26. The van der Waals surface area contributed by atoms with Crippen molar-refractivity contribution in [2.45, 2.75) is 12.7 Å². The van der Waals surface area contributed by atoms with Gasteiger partial charge in [0.05, 0.1) is 12.1 Å². The molecule has 0 bridgehead atoms. The highest BCUT2D eigenvalue weighted by atomic mass is 19.4. The van der Waals surface area contributed by atoms with Crippen LogP contribution >= 0.6 is 0 Å². The number of alkyl halides is 3. The molecule has 0 saturated heterocycles. The molecule has 0 aliphatic rings. The van der Waals surface area contributed by atoms with Gasteiger partial charge in [-0.05, 0) is 41.5 Å². The maximum absolute atomic E-state index is 13.6. The van der Waals surface area contributed by atoms with Crippen molar-refractivity contribution in [3.63, 3.8) is 0 Å². The third-order valence-electron chi connectivity index (χ3n) is 5.20. The first-order valence-corrected chi connectivity index (χ1v) is 9.97. The van der Waals surface area contributed by atoms with Crippen LogP contribution in [-0.2, 0) is 19.8 Å². The second-order valence-corrected chi connectivity index (χ2v) is 7.43. The smallest absolute Gasteiger partial charge is 0.420 e. The number of nitrogens with one attached hydrogen (secondary N) is 1. The molecule has 0 aliphatic carbocycles. The van der Waals surface area contributed by atoms with Gasteiger partial charge in [0.2, 0.25) is 5.75 Å². The van der Waals surface area contributed by atoms with Gasteiger partial charge in [-0.25, -0.2) is 14.3 Å². The number of aromatic amines is 1. The summed E-state index contributed by atoms with van der Waals surface area (Å²) in [4.78, 5) is 24.4. The Balaban J connectivity index is 1.69. The van der Waals surface area contributed by atoms with Crippen molar-refractivity contribution in [2.24, 2.45) is 7.05 Å². The second-order valence-electron chi connectivity index (χ2n) is 7.43. The van der Waals surface area contributed by atoms with Crippen LogP contribution in [-0.4, -0.2) is 19.3 Å². The number of benzene rings is 2. The number of nitriles is 1. The van der Waals surface area contributed by atoms with Gasteiger partial charge in [-0.3, -0.25) is 9.36 Å². The summed E-state index contributed by atoms with van der Waals surface area (Å²) in [5.41, 5.74) is -1.98. The summed E-state index contributed by atoms with van der Waals surface area (Å²) in [6, 6.07) is 12.1. The highest BCUT2D eigenvalue weighted by molar-refractivity contribution is 5.66. The van der Waals surface area contributed by atoms with E-state index in [9.17, 15) is 27.2 Å². The summed E-state index contributed by atoms with van der Waals surface area (Å²) in [7, 11) is 1.40. The van der Waals surface area contributed by atoms with E-state index in [0.717, 1.165) is 21.4 Å². The molecule has 4 rings (SSSR count). The monoisotopic (exact) mass is 485 g/mol. The minimum absolute atomic E-state index is 0.0520. The van der Waals surface area contributed by atoms with E-state index < -0.39 is 34.6 Å². The zero-order valence-corrected chi connectivity index (χ0v) is 17.9. The quantitative estimate of drug-likeness (QED) is 0.433. The molecule has 4 aromatic rings. The van der Waals surface area contributed by atoms with Crippen molar-refractivity contribution < 1.29 is 22.3 Å². The summed E-state index contributed by atoms with van der Waals surface area (Å²) in [6.07, 6.45) is -3.92. The Morgan fingerprint density at radius 2 is 1.77 bits per heavy atom. The van der Waals surface area contributed by atoms with Crippen LogP contribution in [0, 0.1) is 17.1 Å². The first-order chi connectivity index (χ1) is 16.6. The topological polar surface area (TPSA) is 106 Å². The molecule has 1 N–H and O–H groups in total. The molecule has 12 heteroatoms. The number of hydrogen-bond acceptors (Lipinski definition) is 5. The Morgan fingerprint density at radius 3 is 2.37 bits per heavy atom. The molecule has 178 valence electrons. The van der Waals surface area contributed by atoms with Crippen LogP contribution in [0.5, 0.6) is 11.5 Å². The number of rotatable bonds is 5. The normalized spacial score (nSPS) is 11.3. The molecule has 2 aromatic carbocycles. The van der Waals surface area contributed by atoms with Gasteiger partial charge >= 0.3 is 11.9 Å². The number of ether oxygens (including phenoxy) is 1. The van der Waals surface area contributed by atoms with E-state index in [1.54, 1.807) is 6.07 Å². The van der Waals surface area contributed by atoms with Gasteiger partial charge in [-0.15, -0.1) is 0 Å². The fourth-order valence-electron chi connectivity index (χ4n) is 3.30. The lowest BCUT2D eigenvalue weighted by molar-refractivity contribution is -0.138.